The molecule has 3 aromatic rings. The summed E-state index contributed by atoms with van der Waals surface area (Å²) in [7, 11) is 1.69. The SMILES string of the molecule is COc1ccc(-c2nn(-c3ccc(C)c(C)c3)c3c2CCN3)cc1. The lowest BCUT2D eigenvalue weighted by Crippen LogP contribution is -2.04. The van der Waals surface area contributed by atoms with E-state index in [2.05, 4.69) is 49.5 Å². The van der Waals surface area contributed by atoms with Crippen molar-refractivity contribution in [1.29, 1.82) is 0 Å². The van der Waals surface area contributed by atoms with Gasteiger partial charge in [-0.25, -0.2) is 4.68 Å². The average molecular weight is 319 g/mol. The van der Waals surface area contributed by atoms with Gasteiger partial charge in [-0.1, -0.05) is 6.07 Å². The largest absolute Gasteiger partial charge is 0.497 e. The van der Waals surface area contributed by atoms with Gasteiger partial charge in [0, 0.05) is 17.7 Å². The molecule has 0 saturated carbocycles. The molecule has 122 valence electrons. The highest BCUT2D eigenvalue weighted by molar-refractivity contribution is 5.73. The van der Waals surface area contributed by atoms with Crippen LogP contribution in [-0.4, -0.2) is 23.4 Å². The minimum absolute atomic E-state index is 0.863. The first-order chi connectivity index (χ1) is 11.7. The summed E-state index contributed by atoms with van der Waals surface area (Å²) in [6.07, 6.45) is 1.00. The summed E-state index contributed by atoms with van der Waals surface area (Å²) in [4.78, 5) is 0. The number of nitrogens with zero attached hydrogens (tertiary/aromatic N) is 2. The highest BCUT2D eigenvalue weighted by atomic mass is 16.5. The molecule has 4 heteroatoms. The standard InChI is InChI=1S/C20H21N3O/c1-13-4-7-16(12-14(13)2)23-20-18(10-11-21-20)19(22-23)15-5-8-17(24-3)9-6-15/h4-9,12,21H,10-11H2,1-3H3. The number of rotatable bonds is 3. The number of hydrogen-bond donors (Lipinski definition) is 1. The fourth-order valence-electron chi connectivity index (χ4n) is 3.20. The van der Waals surface area contributed by atoms with Crippen LogP contribution in [0, 0.1) is 13.8 Å². The van der Waals surface area contributed by atoms with E-state index in [1.807, 2.05) is 16.8 Å². The van der Waals surface area contributed by atoms with E-state index in [9.17, 15) is 0 Å². The van der Waals surface area contributed by atoms with Gasteiger partial charge in [0.1, 0.15) is 11.6 Å². The third kappa shape index (κ3) is 2.35. The van der Waals surface area contributed by atoms with E-state index in [1.54, 1.807) is 7.11 Å². The van der Waals surface area contributed by atoms with Gasteiger partial charge >= 0.3 is 0 Å². The molecule has 0 atom stereocenters. The Morgan fingerprint density at radius 2 is 1.83 bits per heavy atom. The summed E-state index contributed by atoms with van der Waals surface area (Å²) in [5, 5.41) is 8.40. The molecule has 4 nitrogen and oxygen atoms in total. The maximum atomic E-state index is 5.26. The number of benzene rings is 2. The molecule has 1 aliphatic heterocycles. The second-order valence-electron chi connectivity index (χ2n) is 6.26. The molecule has 4 rings (SSSR count). The number of hydrogen-bond acceptors (Lipinski definition) is 3. The summed E-state index contributed by atoms with van der Waals surface area (Å²) in [5.41, 5.74) is 7.14. The third-order valence-corrected chi connectivity index (χ3v) is 4.75. The van der Waals surface area contributed by atoms with Crippen molar-refractivity contribution in [1.82, 2.24) is 9.78 Å². The van der Waals surface area contributed by atoms with Gasteiger partial charge in [-0.2, -0.15) is 5.10 Å². The minimum Gasteiger partial charge on any atom is -0.497 e. The number of nitrogens with one attached hydrogen (secondary N) is 1. The Morgan fingerprint density at radius 1 is 1.04 bits per heavy atom. The topological polar surface area (TPSA) is 39.1 Å². The van der Waals surface area contributed by atoms with Gasteiger partial charge < -0.3 is 10.1 Å². The first-order valence-corrected chi connectivity index (χ1v) is 8.25. The molecule has 0 radical (unpaired) electrons. The highest BCUT2D eigenvalue weighted by Gasteiger charge is 2.24. The Balaban J connectivity index is 1.83. The number of aromatic nitrogens is 2. The van der Waals surface area contributed by atoms with Crippen molar-refractivity contribution < 1.29 is 4.74 Å². The molecule has 0 bridgehead atoms. The van der Waals surface area contributed by atoms with E-state index < -0.39 is 0 Å². The lowest BCUT2D eigenvalue weighted by Gasteiger charge is -2.08. The van der Waals surface area contributed by atoms with E-state index >= 15 is 0 Å². The average Bonchev–Trinajstić information content (AvgIpc) is 3.20. The molecule has 0 amide bonds. The second-order valence-corrected chi connectivity index (χ2v) is 6.26. The Hall–Kier alpha value is -2.75. The Labute approximate surface area is 142 Å². The van der Waals surface area contributed by atoms with Crippen LogP contribution < -0.4 is 10.1 Å². The van der Waals surface area contributed by atoms with Crippen molar-refractivity contribution in [2.45, 2.75) is 20.3 Å². The molecule has 2 heterocycles. The summed E-state index contributed by atoms with van der Waals surface area (Å²) in [6, 6.07) is 14.6. The zero-order valence-corrected chi connectivity index (χ0v) is 14.3. The molecular formula is C20H21N3O. The van der Waals surface area contributed by atoms with E-state index in [0.29, 0.717) is 0 Å². The van der Waals surface area contributed by atoms with E-state index in [0.717, 1.165) is 41.5 Å². The number of methoxy groups -OCH3 is 1. The van der Waals surface area contributed by atoms with Gasteiger partial charge in [-0.05, 0) is 67.8 Å². The molecule has 0 fully saturated rings. The number of ether oxygens (including phenoxy) is 1. The maximum absolute atomic E-state index is 5.26. The van der Waals surface area contributed by atoms with Crippen molar-refractivity contribution in [3.8, 4) is 22.7 Å². The Bertz CT molecular complexity index is 894. The zero-order chi connectivity index (χ0) is 16.7. The first-order valence-electron chi connectivity index (χ1n) is 8.25. The molecule has 1 N–H and O–H groups in total. The molecule has 24 heavy (non-hydrogen) atoms. The molecular weight excluding hydrogens is 298 g/mol. The van der Waals surface area contributed by atoms with Crippen LogP contribution in [0.25, 0.3) is 16.9 Å². The maximum Gasteiger partial charge on any atom is 0.133 e. The first kappa shape index (κ1) is 14.8. The summed E-state index contributed by atoms with van der Waals surface area (Å²) in [5.74, 6) is 1.98. The van der Waals surface area contributed by atoms with Crippen LogP contribution in [0.5, 0.6) is 5.75 Å². The Kier molecular flexibility index (Phi) is 3.53. The van der Waals surface area contributed by atoms with Crippen LogP contribution in [-0.2, 0) is 6.42 Å². The molecule has 0 spiro atoms. The number of anilines is 1. The van der Waals surface area contributed by atoms with E-state index in [1.165, 1.54) is 16.7 Å². The van der Waals surface area contributed by atoms with E-state index in [4.69, 9.17) is 9.84 Å². The van der Waals surface area contributed by atoms with Gasteiger partial charge in [0.15, 0.2) is 0 Å². The molecule has 0 unspecified atom stereocenters. The predicted octanol–water partition coefficient (Wildman–Crippen LogP) is 4.13. The van der Waals surface area contributed by atoms with Crippen LogP contribution in [0.15, 0.2) is 42.5 Å². The van der Waals surface area contributed by atoms with Crippen LogP contribution in [0.2, 0.25) is 0 Å². The van der Waals surface area contributed by atoms with Gasteiger partial charge in [0.2, 0.25) is 0 Å². The summed E-state index contributed by atoms with van der Waals surface area (Å²) < 4.78 is 7.29. The smallest absolute Gasteiger partial charge is 0.133 e. The van der Waals surface area contributed by atoms with Gasteiger partial charge in [0.05, 0.1) is 18.5 Å². The highest BCUT2D eigenvalue weighted by Crippen LogP contribution is 2.35. The van der Waals surface area contributed by atoms with Crippen LogP contribution >= 0.6 is 0 Å². The third-order valence-electron chi connectivity index (χ3n) is 4.75. The van der Waals surface area contributed by atoms with Crippen molar-refractivity contribution in [3.05, 3.63) is 59.2 Å². The molecule has 2 aromatic carbocycles. The molecule has 1 aliphatic rings. The van der Waals surface area contributed by atoms with Crippen molar-refractivity contribution in [3.63, 3.8) is 0 Å². The predicted molar refractivity (Wildman–Crippen MR) is 97.2 cm³/mol. The summed E-state index contributed by atoms with van der Waals surface area (Å²) in [6.45, 7) is 5.23. The van der Waals surface area contributed by atoms with Crippen LogP contribution in [0.4, 0.5) is 5.82 Å². The van der Waals surface area contributed by atoms with Gasteiger partial charge in [-0.3, -0.25) is 0 Å². The Morgan fingerprint density at radius 3 is 2.54 bits per heavy atom. The van der Waals surface area contributed by atoms with Gasteiger partial charge in [0.25, 0.3) is 0 Å². The fourth-order valence-corrected chi connectivity index (χ4v) is 3.20. The van der Waals surface area contributed by atoms with Crippen LogP contribution in [0.1, 0.15) is 16.7 Å². The second kappa shape index (κ2) is 5.71. The fraction of sp³-hybridized carbons (Fsp3) is 0.250. The molecule has 1 aromatic heterocycles. The van der Waals surface area contributed by atoms with Crippen LogP contribution in [0.3, 0.4) is 0 Å². The molecule has 0 saturated heterocycles. The van der Waals surface area contributed by atoms with E-state index in [-0.39, 0.29) is 0 Å². The van der Waals surface area contributed by atoms with Crippen molar-refractivity contribution in [2.24, 2.45) is 0 Å². The normalized spacial score (nSPS) is 12.8. The lowest BCUT2D eigenvalue weighted by molar-refractivity contribution is 0.415. The lowest BCUT2D eigenvalue weighted by atomic mass is 10.1. The zero-order valence-electron chi connectivity index (χ0n) is 14.3. The number of fused-ring (bicyclic) bond motifs is 1. The number of aryl methyl sites for hydroxylation is 2. The minimum atomic E-state index is 0.863. The monoisotopic (exact) mass is 319 g/mol. The molecule has 0 aliphatic carbocycles. The van der Waals surface area contributed by atoms with Crippen molar-refractivity contribution >= 4 is 5.82 Å². The van der Waals surface area contributed by atoms with Crippen molar-refractivity contribution in [2.75, 3.05) is 19.0 Å². The quantitative estimate of drug-likeness (QED) is 0.789. The van der Waals surface area contributed by atoms with Gasteiger partial charge in [-0.15, -0.1) is 0 Å². The summed E-state index contributed by atoms with van der Waals surface area (Å²) >= 11 is 0.